The standard InChI is InChI=1S/C10H18O4.C5H8O4/c11-9(12)7-5-3-1-2-4-6-8-10(13)14;6-4(7)2-1-3-5(8)9/h1-8H2,(H,11,12)(H,13,14);1-3H2,(H,6,7)(H,8,9). The van der Waals surface area contributed by atoms with Crippen LogP contribution in [0, 0.1) is 0 Å². The molecule has 0 bridgehead atoms. The summed E-state index contributed by atoms with van der Waals surface area (Å²) in [7, 11) is 0. The number of unbranched alkanes of at least 4 members (excludes halogenated alkanes) is 5. The van der Waals surface area contributed by atoms with Crippen LogP contribution in [-0.4, -0.2) is 44.3 Å². The maximum atomic E-state index is 10.1. The summed E-state index contributed by atoms with van der Waals surface area (Å²) in [5.41, 5.74) is 0. The molecule has 0 fully saturated rings. The molecule has 134 valence electrons. The van der Waals surface area contributed by atoms with E-state index in [0.717, 1.165) is 38.5 Å². The van der Waals surface area contributed by atoms with Gasteiger partial charge in [0.1, 0.15) is 0 Å². The molecular weight excluding hydrogens is 308 g/mol. The highest BCUT2D eigenvalue weighted by Gasteiger charge is 2.00. The van der Waals surface area contributed by atoms with Crippen molar-refractivity contribution < 1.29 is 39.6 Å². The van der Waals surface area contributed by atoms with E-state index in [-0.39, 0.29) is 32.1 Å². The summed E-state index contributed by atoms with van der Waals surface area (Å²) in [6.07, 6.45) is 5.91. The number of hydrogen-bond donors (Lipinski definition) is 4. The van der Waals surface area contributed by atoms with Crippen LogP contribution in [0.25, 0.3) is 0 Å². The number of rotatable bonds is 13. The predicted molar refractivity (Wildman–Crippen MR) is 81.3 cm³/mol. The molecule has 8 nitrogen and oxygen atoms in total. The van der Waals surface area contributed by atoms with Gasteiger partial charge < -0.3 is 20.4 Å². The number of hydrogen-bond acceptors (Lipinski definition) is 4. The van der Waals surface area contributed by atoms with Crippen LogP contribution in [0.1, 0.15) is 70.6 Å². The summed E-state index contributed by atoms with van der Waals surface area (Å²) >= 11 is 0. The maximum Gasteiger partial charge on any atom is 0.303 e. The minimum Gasteiger partial charge on any atom is -0.481 e. The minimum atomic E-state index is -0.948. The molecule has 0 aromatic carbocycles. The van der Waals surface area contributed by atoms with Crippen molar-refractivity contribution in [1.29, 1.82) is 0 Å². The molecule has 0 amide bonds. The molecule has 0 aromatic rings. The average Bonchev–Trinajstić information content (AvgIpc) is 2.41. The van der Waals surface area contributed by atoms with Gasteiger partial charge in [-0.05, 0) is 19.3 Å². The van der Waals surface area contributed by atoms with Crippen LogP contribution in [0.15, 0.2) is 0 Å². The van der Waals surface area contributed by atoms with Crippen LogP contribution in [0.3, 0.4) is 0 Å². The summed E-state index contributed by atoms with van der Waals surface area (Å²) in [4.78, 5) is 39.9. The van der Waals surface area contributed by atoms with Crippen LogP contribution in [0.4, 0.5) is 0 Å². The molecule has 8 heteroatoms. The van der Waals surface area contributed by atoms with Gasteiger partial charge in [0.05, 0.1) is 0 Å². The second-order valence-corrected chi connectivity index (χ2v) is 5.05. The topological polar surface area (TPSA) is 149 Å². The van der Waals surface area contributed by atoms with Crippen molar-refractivity contribution in [1.82, 2.24) is 0 Å². The van der Waals surface area contributed by atoms with Crippen LogP contribution in [0.5, 0.6) is 0 Å². The fourth-order valence-corrected chi connectivity index (χ4v) is 1.65. The lowest BCUT2D eigenvalue weighted by Crippen LogP contribution is -1.98. The van der Waals surface area contributed by atoms with E-state index in [2.05, 4.69) is 0 Å². The molecule has 0 radical (unpaired) electrons. The van der Waals surface area contributed by atoms with Gasteiger partial charge in [0.2, 0.25) is 0 Å². The molecule has 0 spiro atoms. The number of carboxylic acids is 4. The second-order valence-electron chi connectivity index (χ2n) is 5.05. The molecule has 0 aliphatic rings. The van der Waals surface area contributed by atoms with Gasteiger partial charge in [-0.25, -0.2) is 0 Å². The van der Waals surface area contributed by atoms with Crippen molar-refractivity contribution in [3.8, 4) is 0 Å². The number of carboxylic acid groups (broad SMARTS) is 4. The van der Waals surface area contributed by atoms with Crippen molar-refractivity contribution in [2.75, 3.05) is 0 Å². The van der Waals surface area contributed by atoms with Gasteiger partial charge in [0, 0.05) is 25.7 Å². The zero-order chi connectivity index (χ0) is 18.1. The zero-order valence-electron chi connectivity index (χ0n) is 13.2. The first-order valence-electron chi connectivity index (χ1n) is 7.63. The molecule has 0 saturated heterocycles. The van der Waals surface area contributed by atoms with Gasteiger partial charge in [-0.1, -0.05) is 25.7 Å². The quantitative estimate of drug-likeness (QED) is 0.375. The Morgan fingerprint density at radius 3 is 0.870 bits per heavy atom. The molecule has 0 heterocycles. The van der Waals surface area contributed by atoms with E-state index in [1.165, 1.54) is 0 Å². The summed E-state index contributed by atoms with van der Waals surface area (Å²) in [6, 6.07) is 0. The Morgan fingerprint density at radius 2 is 0.609 bits per heavy atom. The van der Waals surface area contributed by atoms with E-state index in [0.29, 0.717) is 0 Å². The molecule has 0 saturated carbocycles. The molecule has 4 N–H and O–H groups in total. The first-order chi connectivity index (χ1) is 10.8. The summed E-state index contributed by atoms with van der Waals surface area (Å²) in [6.45, 7) is 0. The fraction of sp³-hybridized carbons (Fsp3) is 0.733. The predicted octanol–water partition coefficient (Wildman–Crippen LogP) is 2.60. The lowest BCUT2D eigenvalue weighted by molar-refractivity contribution is -0.139. The van der Waals surface area contributed by atoms with Gasteiger partial charge in [0.15, 0.2) is 0 Å². The molecule has 0 atom stereocenters. The number of aliphatic carboxylic acids is 4. The minimum absolute atomic E-state index is 0.0632. The smallest absolute Gasteiger partial charge is 0.303 e. The van der Waals surface area contributed by atoms with Crippen LogP contribution in [-0.2, 0) is 19.2 Å². The van der Waals surface area contributed by atoms with Gasteiger partial charge in [-0.15, -0.1) is 0 Å². The highest BCUT2D eigenvalue weighted by atomic mass is 16.4. The maximum absolute atomic E-state index is 10.1. The first-order valence-corrected chi connectivity index (χ1v) is 7.63. The number of carbonyl (C=O) groups is 4. The Kier molecular flexibility index (Phi) is 16.4. The highest BCUT2D eigenvalue weighted by Crippen LogP contribution is 2.08. The van der Waals surface area contributed by atoms with Crippen molar-refractivity contribution in [3.63, 3.8) is 0 Å². The molecule has 0 rings (SSSR count). The lowest BCUT2D eigenvalue weighted by atomic mass is 10.1. The summed E-state index contributed by atoms with van der Waals surface area (Å²) in [5, 5.41) is 32.8. The molecule has 0 aliphatic heterocycles. The Balaban J connectivity index is 0. The van der Waals surface area contributed by atoms with E-state index in [4.69, 9.17) is 20.4 Å². The molecular formula is C15H26O8. The third-order valence-corrected chi connectivity index (χ3v) is 2.81. The largest absolute Gasteiger partial charge is 0.481 e. The van der Waals surface area contributed by atoms with Crippen LogP contribution < -0.4 is 0 Å². The van der Waals surface area contributed by atoms with Gasteiger partial charge in [-0.3, -0.25) is 19.2 Å². The SMILES string of the molecule is O=C(O)CCCC(=O)O.O=C(O)CCCCCCCCC(=O)O. The van der Waals surface area contributed by atoms with E-state index in [1.54, 1.807) is 0 Å². The van der Waals surface area contributed by atoms with Crippen LogP contribution >= 0.6 is 0 Å². The molecule has 0 aromatic heterocycles. The average molecular weight is 334 g/mol. The molecule has 23 heavy (non-hydrogen) atoms. The van der Waals surface area contributed by atoms with Crippen molar-refractivity contribution in [3.05, 3.63) is 0 Å². The van der Waals surface area contributed by atoms with Gasteiger partial charge >= 0.3 is 23.9 Å². The second kappa shape index (κ2) is 16.3. The third kappa shape index (κ3) is 28.7. The normalized spacial score (nSPS) is 9.57. The summed E-state index contributed by atoms with van der Waals surface area (Å²) in [5.74, 6) is -3.38. The summed E-state index contributed by atoms with van der Waals surface area (Å²) < 4.78 is 0. The Hall–Kier alpha value is -2.12. The zero-order valence-corrected chi connectivity index (χ0v) is 13.2. The highest BCUT2D eigenvalue weighted by molar-refractivity contribution is 5.70. The van der Waals surface area contributed by atoms with Gasteiger partial charge in [0.25, 0.3) is 0 Å². The van der Waals surface area contributed by atoms with Crippen LogP contribution in [0.2, 0.25) is 0 Å². The van der Waals surface area contributed by atoms with Crippen molar-refractivity contribution >= 4 is 23.9 Å². The van der Waals surface area contributed by atoms with Gasteiger partial charge in [-0.2, -0.15) is 0 Å². The van der Waals surface area contributed by atoms with E-state index >= 15 is 0 Å². The third-order valence-electron chi connectivity index (χ3n) is 2.81. The molecule has 0 aliphatic carbocycles. The molecule has 0 unspecified atom stereocenters. The van der Waals surface area contributed by atoms with E-state index < -0.39 is 23.9 Å². The Morgan fingerprint density at radius 1 is 0.391 bits per heavy atom. The monoisotopic (exact) mass is 334 g/mol. The first kappa shape index (κ1) is 23.2. The van der Waals surface area contributed by atoms with E-state index in [1.807, 2.05) is 0 Å². The fourth-order valence-electron chi connectivity index (χ4n) is 1.65. The Bertz CT molecular complexity index is 330. The van der Waals surface area contributed by atoms with E-state index in [9.17, 15) is 19.2 Å². The van der Waals surface area contributed by atoms with Crippen molar-refractivity contribution in [2.45, 2.75) is 70.6 Å². The Labute approximate surface area is 135 Å². The van der Waals surface area contributed by atoms with Crippen molar-refractivity contribution in [2.24, 2.45) is 0 Å². The lowest BCUT2D eigenvalue weighted by Gasteiger charge is -1.98.